The van der Waals surface area contributed by atoms with Crippen LogP contribution in [0.15, 0.2) is 0 Å². The summed E-state index contributed by atoms with van der Waals surface area (Å²) in [5.41, 5.74) is 6.50. The summed E-state index contributed by atoms with van der Waals surface area (Å²) in [6.45, 7) is 2.27. The van der Waals surface area contributed by atoms with Gasteiger partial charge in [-0.15, -0.1) is 0 Å². The summed E-state index contributed by atoms with van der Waals surface area (Å²) in [4.78, 5) is 0. The Bertz CT molecular complexity index is 160. The van der Waals surface area contributed by atoms with Gasteiger partial charge in [0.05, 0.1) is 0 Å². The highest BCUT2D eigenvalue weighted by molar-refractivity contribution is 4.96. The number of nitrogens with two attached hydrogens (primary N) is 1. The maximum atomic E-state index is 6.33. The van der Waals surface area contributed by atoms with E-state index in [2.05, 4.69) is 6.92 Å². The van der Waals surface area contributed by atoms with Crippen molar-refractivity contribution >= 4 is 0 Å². The lowest BCUT2D eigenvalue weighted by atomic mass is 9.62. The minimum Gasteiger partial charge on any atom is -0.325 e. The Morgan fingerprint density at radius 3 is 2.50 bits per heavy atom. The molecule has 2 aliphatic carbocycles. The number of hydrogen-bond donors (Lipinski definition) is 1. The van der Waals surface area contributed by atoms with Crippen molar-refractivity contribution in [1.82, 2.24) is 0 Å². The fourth-order valence-electron chi connectivity index (χ4n) is 3.35. The first kappa shape index (κ1) is 8.55. The van der Waals surface area contributed by atoms with Crippen molar-refractivity contribution < 1.29 is 0 Å². The number of hydrogen-bond acceptors (Lipinski definition) is 1. The molecule has 1 heteroatoms. The Morgan fingerprint density at radius 2 is 1.75 bits per heavy atom. The fourth-order valence-corrected chi connectivity index (χ4v) is 3.35. The quantitative estimate of drug-likeness (QED) is 0.590. The lowest BCUT2D eigenvalue weighted by Crippen LogP contribution is -2.50. The molecule has 0 aromatic heterocycles. The average Bonchev–Trinajstić information content (AvgIpc) is 2.04. The van der Waals surface area contributed by atoms with E-state index in [1.54, 1.807) is 0 Å². The SMILES string of the molecule is CC1(N)CCCC2CCCCC21. The summed E-state index contributed by atoms with van der Waals surface area (Å²) in [5, 5.41) is 0. The van der Waals surface area contributed by atoms with Crippen molar-refractivity contribution in [3.05, 3.63) is 0 Å². The van der Waals surface area contributed by atoms with Crippen LogP contribution in [0, 0.1) is 11.8 Å². The Balaban J connectivity index is 2.09. The van der Waals surface area contributed by atoms with Gasteiger partial charge < -0.3 is 5.73 Å². The molecule has 0 aromatic carbocycles. The van der Waals surface area contributed by atoms with Crippen LogP contribution in [0.1, 0.15) is 51.9 Å². The second-order valence-corrected chi connectivity index (χ2v) is 5.05. The molecule has 2 rings (SSSR count). The predicted molar refractivity (Wildman–Crippen MR) is 51.9 cm³/mol. The minimum absolute atomic E-state index is 0.170. The molecule has 2 saturated carbocycles. The molecule has 0 saturated heterocycles. The van der Waals surface area contributed by atoms with Crippen LogP contribution in [-0.2, 0) is 0 Å². The van der Waals surface area contributed by atoms with Crippen LogP contribution in [-0.4, -0.2) is 5.54 Å². The zero-order valence-corrected chi connectivity index (χ0v) is 8.18. The summed E-state index contributed by atoms with van der Waals surface area (Å²) in [6.07, 6.45) is 9.82. The molecule has 0 spiro atoms. The van der Waals surface area contributed by atoms with Gasteiger partial charge in [-0.25, -0.2) is 0 Å². The summed E-state index contributed by atoms with van der Waals surface area (Å²) < 4.78 is 0. The molecular formula is C11H21N. The van der Waals surface area contributed by atoms with Crippen molar-refractivity contribution in [1.29, 1.82) is 0 Å². The summed E-state index contributed by atoms with van der Waals surface area (Å²) >= 11 is 0. The molecule has 1 nitrogen and oxygen atoms in total. The van der Waals surface area contributed by atoms with Crippen LogP contribution < -0.4 is 5.73 Å². The number of rotatable bonds is 0. The molecular weight excluding hydrogens is 146 g/mol. The van der Waals surface area contributed by atoms with Crippen LogP contribution >= 0.6 is 0 Å². The van der Waals surface area contributed by atoms with Crippen molar-refractivity contribution in [2.45, 2.75) is 57.4 Å². The first-order valence-corrected chi connectivity index (χ1v) is 5.49. The van der Waals surface area contributed by atoms with Gasteiger partial charge in [-0.05, 0) is 31.6 Å². The Morgan fingerprint density at radius 1 is 1.08 bits per heavy atom. The van der Waals surface area contributed by atoms with E-state index in [0.717, 1.165) is 11.8 Å². The van der Waals surface area contributed by atoms with Gasteiger partial charge in [0, 0.05) is 5.54 Å². The molecule has 3 atom stereocenters. The van der Waals surface area contributed by atoms with Crippen molar-refractivity contribution in [2.75, 3.05) is 0 Å². The fraction of sp³-hybridized carbons (Fsp3) is 1.00. The predicted octanol–water partition coefficient (Wildman–Crippen LogP) is 2.69. The lowest BCUT2D eigenvalue weighted by molar-refractivity contribution is 0.0888. The zero-order chi connectivity index (χ0) is 8.60. The van der Waals surface area contributed by atoms with Crippen LogP contribution in [0.3, 0.4) is 0 Å². The summed E-state index contributed by atoms with van der Waals surface area (Å²) in [5.74, 6) is 1.82. The largest absolute Gasteiger partial charge is 0.325 e. The minimum atomic E-state index is 0.170. The zero-order valence-electron chi connectivity index (χ0n) is 8.18. The lowest BCUT2D eigenvalue weighted by Gasteiger charge is -2.46. The highest BCUT2D eigenvalue weighted by Gasteiger charge is 2.40. The first-order chi connectivity index (χ1) is 5.70. The second-order valence-electron chi connectivity index (χ2n) is 5.05. The average molecular weight is 167 g/mol. The van der Waals surface area contributed by atoms with Gasteiger partial charge in [0.2, 0.25) is 0 Å². The van der Waals surface area contributed by atoms with Crippen LogP contribution in [0.25, 0.3) is 0 Å². The van der Waals surface area contributed by atoms with Crippen molar-refractivity contribution in [3.8, 4) is 0 Å². The highest BCUT2D eigenvalue weighted by atomic mass is 14.8. The highest BCUT2D eigenvalue weighted by Crippen LogP contribution is 2.44. The summed E-state index contributed by atoms with van der Waals surface area (Å²) in [7, 11) is 0. The Labute approximate surface area is 75.7 Å². The second kappa shape index (κ2) is 3.02. The molecule has 2 fully saturated rings. The number of fused-ring (bicyclic) bond motifs is 1. The molecule has 0 heterocycles. The maximum absolute atomic E-state index is 6.33. The van der Waals surface area contributed by atoms with Gasteiger partial charge >= 0.3 is 0 Å². The monoisotopic (exact) mass is 167 g/mol. The third kappa shape index (κ3) is 1.39. The van der Waals surface area contributed by atoms with Crippen LogP contribution in [0.5, 0.6) is 0 Å². The Kier molecular flexibility index (Phi) is 2.16. The molecule has 0 aliphatic heterocycles. The molecule has 2 aliphatic rings. The maximum Gasteiger partial charge on any atom is 0.0156 e. The molecule has 0 aromatic rings. The van der Waals surface area contributed by atoms with E-state index in [-0.39, 0.29) is 5.54 Å². The molecule has 0 bridgehead atoms. The first-order valence-electron chi connectivity index (χ1n) is 5.49. The van der Waals surface area contributed by atoms with Crippen LogP contribution in [0.4, 0.5) is 0 Å². The standard InChI is InChI=1S/C11H21N/c1-11(12)8-4-6-9-5-2-3-7-10(9)11/h9-10H,2-8,12H2,1H3. The van der Waals surface area contributed by atoms with Gasteiger partial charge in [0.15, 0.2) is 0 Å². The molecule has 0 amide bonds. The smallest absolute Gasteiger partial charge is 0.0156 e. The normalized spacial score (nSPS) is 48.5. The molecule has 70 valence electrons. The Hall–Kier alpha value is -0.0400. The molecule has 12 heavy (non-hydrogen) atoms. The van der Waals surface area contributed by atoms with Gasteiger partial charge in [-0.3, -0.25) is 0 Å². The van der Waals surface area contributed by atoms with Gasteiger partial charge in [0.25, 0.3) is 0 Å². The third-order valence-electron chi connectivity index (χ3n) is 4.05. The third-order valence-corrected chi connectivity index (χ3v) is 4.05. The van der Waals surface area contributed by atoms with E-state index >= 15 is 0 Å². The van der Waals surface area contributed by atoms with Gasteiger partial charge in [0.1, 0.15) is 0 Å². The van der Waals surface area contributed by atoms with Gasteiger partial charge in [-0.2, -0.15) is 0 Å². The van der Waals surface area contributed by atoms with E-state index in [0.29, 0.717) is 0 Å². The molecule has 2 N–H and O–H groups in total. The van der Waals surface area contributed by atoms with E-state index in [9.17, 15) is 0 Å². The van der Waals surface area contributed by atoms with Gasteiger partial charge in [-0.1, -0.05) is 32.1 Å². The summed E-state index contributed by atoms with van der Waals surface area (Å²) in [6, 6.07) is 0. The van der Waals surface area contributed by atoms with E-state index < -0.39 is 0 Å². The van der Waals surface area contributed by atoms with E-state index in [4.69, 9.17) is 5.73 Å². The molecule has 0 radical (unpaired) electrons. The topological polar surface area (TPSA) is 26.0 Å². The van der Waals surface area contributed by atoms with Crippen molar-refractivity contribution in [2.24, 2.45) is 17.6 Å². The van der Waals surface area contributed by atoms with Crippen molar-refractivity contribution in [3.63, 3.8) is 0 Å². The van der Waals surface area contributed by atoms with Crippen LogP contribution in [0.2, 0.25) is 0 Å². The van der Waals surface area contributed by atoms with E-state index in [1.165, 1.54) is 44.9 Å². The van der Waals surface area contributed by atoms with E-state index in [1.807, 2.05) is 0 Å². The molecule has 3 unspecified atom stereocenters.